The van der Waals surface area contributed by atoms with Crippen LogP contribution in [0.15, 0.2) is 35.1 Å². The van der Waals surface area contributed by atoms with Crippen molar-refractivity contribution in [3.05, 3.63) is 42.1 Å². The number of furan rings is 1. The second kappa shape index (κ2) is 4.99. The zero-order valence-corrected chi connectivity index (χ0v) is 9.68. The molecule has 0 unspecified atom stereocenters. The van der Waals surface area contributed by atoms with Crippen LogP contribution in [-0.4, -0.2) is 9.78 Å². The summed E-state index contributed by atoms with van der Waals surface area (Å²) in [5.41, 5.74) is 1.20. The predicted molar refractivity (Wildman–Crippen MR) is 61.9 cm³/mol. The van der Waals surface area contributed by atoms with Crippen LogP contribution < -0.4 is 5.32 Å². The predicted octanol–water partition coefficient (Wildman–Crippen LogP) is 2.35. The molecule has 0 aliphatic rings. The van der Waals surface area contributed by atoms with Gasteiger partial charge in [0.05, 0.1) is 18.0 Å². The molecule has 2 rings (SSSR count). The molecule has 86 valence electrons. The topological polar surface area (TPSA) is 43.0 Å². The van der Waals surface area contributed by atoms with Crippen LogP contribution >= 0.6 is 0 Å². The lowest BCUT2D eigenvalue weighted by molar-refractivity contribution is 0.424. The Kier molecular flexibility index (Phi) is 3.41. The molecule has 1 N–H and O–H groups in total. The molecule has 4 nitrogen and oxygen atoms in total. The lowest BCUT2D eigenvalue weighted by Crippen LogP contribution is -2.19. The summed E-state index contributed by atoms with van der Waals surface area (Å²) in [5, 5.41) is 7.64. The number of aromatic nitrogens is 2. The van der Waals surface area contributed by atoms with E-state index in [1.54, 1.807) is 6.26 Å². The molecule has 0 aliphatic carbocycles. The fraction of sp³-hybridized carbons (Fsp3) is 0.417. The quantitative estimate of drug-likeness (QED) is 0.839. The first-order valence-corrected chi connectivity index (χ1v) is 5.58. The van der Waals surface area contributed by atoms with Crippen molar-refractivity contribution in [2.24, 2.45) is 0 Å². The van der Waals surface area contributed by atoms with Crippen LogP contribution in [0.2, 0.25) is 0 Å². The molecule has 0 spiro atoms. The van der Waals surface area contributed by atoms with E-state index < -0.39 is 0 Å². The minimum absolute atomic E-state index is 0.218. The number of rotatable bonds is 5. The van der Waals surface area contributed by atoms with E-state index in [2.05, 4.69) is 24.3 Å². The Bertz CT molecular complexity index is 419. The van der Waals surface area contributed by atoms with Gasteiger partial charge in [0.2, 0.25) is 0 Å². The van der Waals surface area contributed by atoms with Gasteiger partial charge >= 0.3 is 0 Å². The van der Waals surface area contributed by atoms with E-state index in [1.165, 1.54) is 5.69 Å². The highest BCUT2D eigenvalue weighted by Gasteiger charge is 2.08. The SMILES string of the molecule is CCn1nccc1CN[C@H](C)c1ccco1. The van der Waals surface area contributed by atoms with Gasteiger partial charge in [0.15, 0.2) is 0 Å². The number of hydrogen-bond acceptors (Lipinski definition) is 3. The molecular formula is C12H17N3O. The van der Waals surface area contributed by atoms with Crippen LogP contribution in [0.5, 0.6) is 0 Å². The highest BCUT2D eigenvalue weighted by Crippen LogP contribution is 2.12. The molecule has 4 heteroatoms. The van der Waals surface area contributed by atoms with Crippen molar-refractivity contribution in [2.75, 3.05) is 0 Å². The molecule has 1 atom stereocenters. The van der Waals surface area contributed by atoms with Crippen molar-refractivity contribution in [1.82, 2.24) is 15.1 Å². The van der Waals surface area contributed by atoms with E-state index in [0.717, 1.165) is 18.8 Å². The third-order valence-electron chi connectivity index (χ3n) is 2.66. The maximum absolute atomic E-state index is 5.34. The zero-order valence-electron chi connectivity index (χ0n) is 9.68. The number of hydrogen-bond donors (Lipinski definition) is 1. The van der Waals surface area contributed by atoms with Gasteiger partial charge in [-0.3, -0.25) is 4.68 Å². The second-order valence-electron chi connectivity index (χ2n) is 3.76. The first-order chi connectivity index (χ1) is 7.81. The zero-order chi connectivity index (χ0) is 11.4. The molecule has 0 aliphatic heterocycles. The van der Waals surface area contributed by atoms with E-state index >= 15 is 0 Å². The summed E-state index contributed by atoms with van der Waals surface area (Å²) in [4.78, 5) is 0. The van der Waals surface area contributed by atoms with Gasteiger partial charge in [-0.2, -0.15) is 5.10 Å². The monoisotopic (exact) mass is 219 g/mol. The fourth-order valence-electron chi connectivity index (χ4n) is 1.69. The summed E-state index contributed by atoms with van der Waals surface area (Å²) in [6.45, 7) is 5.88. The lowest BCUT2D eigenvalue weighted by Gasteiger charge is -2.11. The van der Waals surface area contributed by atoms with Gasteiger partial charge in [0, 0.05) is 19.3 Å². The van der Waals surface area contributed by atoms with Gasteiger partial charge in [0.1, 0.15) is 5.76 Å². The van der Waals surface area contributed by atoms with Crippen molar-refractivity contribution in [3.63, 3.8) is 0 Å². The molecular weight excluding hydrogens is 202 g/mol. The highest BCUT2D eigenvalue weighted by molar-refractivity contribution is 5.05. The first kappa shape index (κ1) is 11.0. The Hall–Kier alpha value is -1.55. The van der Waals surface area contributed by atoms with E-state index in [1.807, 2.05) is 29.1 Å². The lowest BCUT2D eigenvalue weighted by atomic mass is 10.2. The maximum atomic E-state index is 5.34. The summed E-state index contributed by atoms with van der Waals surface area (Å²) in [6, 6.07) is 6.14. The first-order valence-electron chi connectivity index (χ1n) is 5.58. The molecule has 2 aromatic rings. The molecule has 0 saturated heterocycles. The van der Waals surface area contributed by atoms with Crippen LogP contribution in [0.4, 0.5) is 0 Å². The van der Waals surface area contributed by atoms with Gasteiger partial charge < -0.3 is 9.73 Å². The molecule has 0 fully saturated rings. The standard InChI is InChI=1S/C12H17N3O/c1-3-15-11(6-7-14-15)9-13-10(2)12-5-4-8-16-12/h4-8,10,13H,3,9H2,1-2H3/t10-/m1/s1. The van der Waals surface area contributed by atoms with Crippen molar-refractivity contribution >= 4 is 0 Å². The van der Waals surface area contributed by atoms with Gasteiger partial charge in [-0.25, -0.2) is 0 Å². The van der Waals surface area contributed by atoms with Gasteiger partial charge in [-0.05, 0) is 32.0 Å². The molecule has 0 radical (unpaired) electrons. The minimum Gasteiger partial charge on any atom is -0.468 e. The second-order valence-corrected chi connectivity index (χ2v) is 3.76. The minimum atomic E-state index is 0.218. The van der Waals surface area contributed by atoms with Crippen molar-refractivity contribution in [1.29, 1.82) is 0 Å². The molecule has 16 heavy (non-hydrogen) atoms. The van der Waals surface area contributed by atoms with Gasteiger partial charge in [0.25, 0.3) is 0 Å². The summed E-state index contributed by atoms with van der Waals surface area (Å²) in [7, 11) is 0. The van der Waals surface area contributed by atoms with E-state index in [4.69, 9.17) is 4.42 Å². The molecule has 2 heterocycles. The molecule has 0 saturated carbocycles. The Labute approximate surface area is 95.3 Å². The van der Waals surface area contributed by atoms with Crippen LogP contribution in [0.3, 0.4) is 0 Å². The highest BCUT2D eigenvalue weighted by atomic mass is 16.3. The van der Waals surface area contributed by atoms with Crippen molar-refractivity contribution in [2.45, 2.75) is 33.0 Å². The normalized spacial score (nSPS) is 12.9. The van der Waals surface area contributed by atoms with Gasteiger partial charge in [-0.1, -0.05) is 0 Å². The smallest absolute Gasteiger partial charge is 0.120 e. The Morgan fingerprint density at radius 1 is 1.50 bits per heavy atom. The average Bonchev–Trinajstić information content (AvgIpc) is 2.96. The maximum Gasteiger partial charge on any atom is 0.120 e. The van der Waals surface area contributed by atoms with E-state index in [-0.39, 0.29) is 6.04 Å². The van der Waals surface area contributed by atoms with Crippen LogP contribution in [-0.2, 0) is 13.1 Å². The summed E-state index contributed by atoms with van der Waals surface area (Å²) < 4.78 is 7.32. The number of nitrogens with one attached hydrogen (secondary N) is 1. The van der Waals surface area contributed by atoms with Crippen molar-refractivity contribution < 1.29 is 4.42 Å². The summed E-state index contributed by atoms with van der Waals surface area (Å²) in [5.74, 6) is 0.961. The molecule has 0 amide bonds. The molecule has 2 aromatic heterocycles. The van der Waals surface area contributed by atoms with Crippen LogP contribution in [0, 0.1) is 0 Å². The van der Waals surface area contributed by atoms with E-state index in [0.29, 0.717) is 0 Å². The van der Waals surface area contributed by atoms with E-state index in [9.17, 15) is 0 Å². The number of aryl methyl sites for hydroxylation is 1. The van der Waals surface area contributed by atoms with Crippen LogP contribution in [0.25, 0.3) is 0 Å². The average molecular weight is 219 g/mol. The van der Waals surface area contributed by atoms with Crippen molar-refractivity contribution in [3.8, 4) is 0 Å². The van der Waals surface area contributed by atoms with Gasteiger partial charge in [-0.15, -0.1) is 0 Å². The third-order valence-corrected chi connectivity index (χ3v) is 2.66. The summed E-state index contributed by atoms with van der Waals surface area (Å²) >= 11 is 0. The Balaban J connectivity index is 1.92. The molecule has 0 bridgehead atoms. The Morgan fingerprint density at radius 2 is 2.38 bits per heavy atom. The molecule has 0 aromatic carbocycles. The van der Waals surface area contributed by atoms with Crippen LogP contribution in [0.1, 0.15) is 31.3 Å². The fourth-order valence-corrected chi connectivity index (χ4v) is 1.69. The summed E-state index contributed by atoms with van der Waals surface area (Å²) in [6.07, 6.45) is 3.53. The Morgan fingerprint density at radius 3 is 3.06 bits per heavy atom. The number of nitrogens with zero attached hydrogens (tertiary/aromatic N) is 2. The third kappa shape index (κ3) is 2.33. The largest absolute Gasteiger partial charge is 0.468 e.